The molecule has 2 amide bonds. The summed E-state index contributed by atoms with van der Waals surface area (Å²) in [7, 11) is 1.82. The van der Waals surface area contributed by atoms with E-state index in [0.717, 1.165) is 6.42 Å². The molecule has 0 spiro atoms. The van der Waals surface area contributed by atoms with Gasteiger partial charge in [-0.3, -0.25) is 14.4 Å². The van der Waals surface area contributed by atoms with E-state index in [-0.39, 0.29) is 35.4 Å². The van der Waals surface area contributed by atoms with Gasteiger partial charge in [-0.05, 0) is 19.4 Å². The van der Waals surface area contributed by atoms with E-state index < -0.39 is 5.56 Å². The highest BCUT2D eigenvalue weighted by Crippen LogP contribution is 2.36. The molecule has 0 aromatic carbocycles. The number of carbonyl (C=O) groups excluding carboxylic acids is 2. The fourth-order valence-electron chi connectivity index (χ4n) is 4.13. The molecule has 9 nitrogen and oxygen atoms in total. The van der Waals surface area contributed by atoms with Gasteiger partial charge in [0.2, 0.25) is 0 Å². The number of aromatic amines is 1. The fraction of sp³-hybridized carbons (Fsp3) is 0.471. The molecule has 2 aromatic rings. The van der Waals surface area contributed by atoms with E-state index in [4.69, 9.17) is 0 Å². The van der Waals surface area contributed by atoms with Crippen LogP contribution < -0.4 is 5.56 Å². The number of hydrogen-bond donors (Lipinski definition) is 1. The number of H-pyrrole nitrogens is 1. The Morgan fingerprint density at radius 1 is 1.27 bits per heavy atom. The van der Waals surface area contributed by atoms with E-state index in [2.05, 4.69) is 15.2 Å². The Morgan fingerprint density at radius 2 is 2.08 bits per heavy atom. The Bertz CT molecular complexity index is 919. The van der Waals surface area contributed by atoms with Crippen molar-refractivity contribution in [3.8, 4) is 0 Å². The van der Waals surface area contributed by atoms with Crippen LogP contribution in [0, 0.1) is 5.92 Å². The van der Waals surface area contributed by atoms with E-state index in [1.807, 2.05) is 18.9 Å². The first-order valence-corrected chi connectivity index (χ1v) is 8.59. The van der Waals surface area contributed by atoms with Crippen molar-refractivity contribution in [2.45, 2.75) is 25.4 Å². The molecule has 2 aliphatic rings. The Kier molecular flexibility index (Phi) is 3.86. The maximum Gasteiger partial charge on any atom is 0.277 e. The molecule has 0 radical (unpaired) electrons. The molecule has 2 aromatic heterocycles. The van der Waals surface area contributed by atoms with Crippen molar-refractivity contribution in [1.82, 2.24) is 29.5 Å². The van der Waals surface area contributed by atoms with Crippen LogP contribution in [0.3, 0.4) is 0 Å². The summed E-state index contributed by atoms with van der Waals surface area (Å²) in [5.74, 6) is -0.217. The standard InChI is InChI=1S/C17H20N6O3/c1-10-5-11-6-22(16(25)12-3-4-19-20-15(12)24)8-14(11)23(10)17(26)13-7-21(2)9-18-13/h3-4,7,9-11,14H,5-6,8H2,1-2H3,(H,20,24)/t10-,11+,14-/m1/s1. The number of rotatable bonds is 2. The quantitative estimate of drug-likeness (QED) is 0.808. The van der Waals surface area contributed by atoms with E-state index >= 15 is 0 Å². The van der Waals surface area contributed by atoms with Gasteiger partial charge in [-0.1, -0.05) is 0 Å². The SMILES string of the molecule is C[C@@H]1C[C@H]2CN(C(=O)c3ccn[nH]c3=O)C[C@H]2N1C(=O)c1cn(C)cn1. The lowest BCUT2D eigenvalue weighted by molar-refractivity contribution is 0.0632. The zero-order valence-electron chi connectivity index (χ0n) is 14.6. The summed E-state index contributed by atoms with van der Waals surface area (Å²) in [5.41, 5.74) is -0.00433. The van der Waals surface area contributed by atoms with Crippen LogP contribution in [-0.2, 0) is 7.05 Å². The first-order chi connectivity index (χ1) is 12.5. The summed E-state index contributed by atoms with van der Waals surface area (Å²) in [4.78, 5) is 45.1. The highest BCUT2D eigenvalue weighted by molar-refractivity contribution is 5.95. The largest absolute Gasteiger partial charge is 0.340 e. The van der Waals surface area contributed by atoms with Gasteiger partial charge >= 0.3 is 0 Å². The van der Waals surface area contributed by atoms with Crippen LogP contribution in [0.25, 0.3) is 0 Å². The monoisotopic (exact) mass is 356 g/mol. The summed E-state index contributed by atoms with van der Waals surface area (Å²) in [5, 5.41) is 5.91. The van der Waals surface area contributed by atoms with Crippen molar-refractivity contribution in [1.29, 1.82) is 0 Å². The molecule has 4 rings (SSSR count). The zero-order valence-corrected chi connectivity index (χ0v) is 14.6. The summed E-state index contributed by atoms with van der Waals surface area (Å²) >= 11 is 0. The molecule has 0 unspecified atom stereocenters. The molecule has 3 atom stereocenters. The molecule has 2 fully saturated rings. The molecular formula is C17H20N6O3. The second kappa shape index (κ2) is 6.08. The maximum atomic E-state index is 12.9. The van der Waals surface area contributed by atoms with Gasteiger partial charge in [-0.25, -0.2) is 10.1 Å². The van der Waals surface area contributed by atoms with Crippen LogP contribution in [0.4, 0.5) is 0 Å². The van der Waals surface area contributed by atoms with Gasteiger partial charge in [0.05, 0.1) is 12.4 Å². The lowest BCUT2D eigenvalue weighted by atomic mass is 10.0. The van der Waals surface area contributed by atoms with Crippen molar-refractivity contribution in [3.63, 3.8) is 0 Å². The number of fused-ring (bicyclic) bond motifs is 1. The summed E-state index contributed by atoms with van der Waals surface area (Å²) in [6.07, 6.45) is 5.53. The molecule has 9 heteroatoms. The molecule has 0 bridgehead atoms. The number of amides is 2. The molecule has 4 heterocycles. The third-order valence-corrected chi connectivity index (χ3v) is 5.29. The number of aryl methyl sites for hydroxylation is 1. The van der Waals surface area contributed by atoms with Crippen LogP contribution >= 0.6 is 0 Å². The Balaban J connectivity index is 1.55. The van der Waals surface area contributed by atoms with Crippen LogP contribution in [0.15, 0.2) is 29.6 Å². The summed E-state index contributed by atoms with van der Waals surface area (Å²) in [6.45, 7) is 2.99. The van der Waals surface area contributed by atoms with Gasteiger partial charge in [-0.15, -0.1) is 0 Å². The minimum absolute atomic E-state index is 0.0515. The Hall–Kier alpha value is -2.97. The van der Waals surface area contributed by atoms with Crippen molar-refractivity contribution in [3.05, 3.63) is 46.4 Å². The summed E-state index contributed by atoms with van der Waals surface area (Å²) in [6, 6.07) is 1.47. The normalized spacial score (nSPS) is 24.8. The highest BCUT2D eigenvalue weighted by atomic mass is 16.2. The second-order valence-corrected chi connectivity index (χ2v) is 7.06. The minimum Gasteiger partial charge on any atom is -0.340 e. The van der Waals surface area contributed by atoms with Crippen molar-refractivity contribution in [2.24, 2.45) is 13.0 Å². The minimum atomic E-state index is -0.496. The van der Waals surface area contributed by atoms with Crippen molar-refractivity contribution >= 4 is 11.8 Å². The third-order valence-electron chi connectivity index (χ3n) is 5.29. The van der Waals surface area contributed by atoms with Gasteiger partial charge in [0.1, 0.15) is 11.3 Å². The van der Waals surface area contributed by atoms with Crippen LogP contribution in [-0.4, -0.2) is 66.5 Å². The van der Waals surface area contributed by atoms with Gasteiger partial charge in [0.25, 0.3) is 17.4 Å². The number of nitrogens with zero attached hydrogens (tertiary/aromatic N) is 5. The number of carbonyl (C=O) groups is 2. The summed E-state index contributed by atoms with van der Waals surface area (Å²) < 4.78 is 1.74. The van der Waals surface area contributed by atoms with Crippen LogP contribution in [0.5, 0.6) is 0 Å². The number of likely N-dealkylation sites (tertiary alicyclic amines) is 2. The maximum absolute atomic E-state index is 12.9. The zero-order chi connectivity index (χ0) is 18.4. The Morgan fingerprint density at radius 3 is 2.77 bits per heavy atom. The van der Waals surface area contributed by atoms with Crippen LogP contribution in [0.2, 0.25) is 0 Å². The second-order valence-electron chi connectivity index (χ2n) is 7.06. The van der Waals surface area contributed by atoms with Gasteiger partial charge in [0, 0.05) is 44.5 Å². The molecule has 1 N–H and O–H groups in total. The lowest BCUT2D eigenvalue weighted by Crippen LogP contribution is -2.44. The lowest BCUT2D eigenvalue weighted by Gasteiger charge is -2.28. The molecule has 2 saturated heterocycles. The van der Waals surface area contributed by atoms with E-state index in [0.29, 0.717) is 18.8 Å². The molecular weight excluding hydrogens is 336 g/mol. The fourth-order valence-corrected chi connectivity index (χ4v) is 4.13. The van der Waals surface area contributed by atoms with Crippen molar-refractivity contribution in [2.75, 3.05) is 13.1 Å². The number of aromatic nitrogens is 4. The third kappa shape index (κ3) is 2.59. The molecule has 136 valence electrons. The van der Waals surface area contributed by atoms with Gasteiger partial charge in [-0.2, -0.15) is 5.10 Å². The molecule has 2 aliphatic heterocycles. The Labute approximate surface area is 149 Å². The van der Waals surface area contributed by atoms with Gasteiger partial charge in [0.15, 0.2) is 0 Å². The average molecular weight is 356 g/mol. The smallest absolute Gasteiger partial charge is 0.277 e. The van der Waals surface area contributed by atoms with E-state index in [1.165, 1.54) is 12.3 Å². The van der Waals surface area contributed by atoms with Crippen LogP contribution in [0.1, 0.15) is 34.2 Å². The first-order valence-electron chi connectivity index (χ1n) is 8.59. The van der Waals surface area contributed by atoms with Gasteiger partial charge < -0.3 is 14.4 Å². The van der Waals surface area contributed by atoms with Crippen molar-refractivity contribution < 1.29 is 9.59 Å². The highest BCUT2D eigenvalue weighted by Gasteiger charge is 2.48. The number of hydrogen-bond acceptors (Lipinski definition) is 5. The predicted octanol–water partition coefficient (Wildman–Crippen LogP) is -0.121. The molecule has 26 heavy (non-hydrogen) atoms. The first kappa shape index (κ1) is 16.5. The van der Waals surface area contributed by atoms with E-state index in [1.54, 1.807) is 22.0 Å². The predicted molar refractivity (Wildman–Crippen MR) is 91.5 cm³/mol. The molecule has 0 saturated carbocycles. The average Bonchev–Trinajstić information content (AvgIpc) is 3.28. The number of imidazole rings is 1. The van der Waals surface area contributed by atoms with E-state index in [9.17, 15) is 14.4 Å². The topological polar surface area (TPSA) is 104 Å². The number of nitrogens with one attached hydrogen (secondary N) is 1. The molecule has 0 aliphatic carbocycles.